The lowest BCUT2D eigenvalue weighted by Gasteiger charge is -2.43. The predicted octanol–water partition coefficient (Wildman–Crippen LogP) is 3.98. The molecule has 5 heteroatoms. The van der Waals surface area contributed by atoms with Gasteiger partial charge in [0.15, 0.2) is 0 Å². The highest BCUT2D eigenvalue weighted by molar-refractivity contribution is 6.30. The van der Waals surface area contributed by atoms with Crippen molar-refractivity contribution in [2.24, 2.45) is 11.8 Å². The number of fused-ring (bicyclic) bond motifs is 2. The largest absolute Gasteiger partial charge is 0.496 e. The van der Waals surface area contributed by atoms with Crippen molar-refractivity contribution in [1.29, 1.82) is 0 Å². The standard InChI is InChI=1S/C20H29ClN2O2/c1-24-19-6-5-16(21)13-17(19)20(25-2)7-9-23(10-8-20)22-18-12-14-3-4-15(18)11-14/h5-6,13-15,18,22H,3-4,7-12H2,1-2H3/t14-,15-,18-/m0/s1. The van der Waals surface area contributed by atoms with Crippen LogP contribution in [-0.2, 0) is 10.3 Å². The molecule has 1 aromatic carbocycles. The molecule has 0 amide bonds. The van der Waals surface area contributed by atoms with Crippen molar-refractivity contribution < 1.29 is 9.47 Å². The van der Waals surface area contributed by atoms with Crippen molar-refractivity contribution >= 4 is 11.6 Å². The molecule has 1 saturated heterocycles. The molecular formula is C20H29ClN2O2. The summed E-state index contributed by atoms with van der Waals surface area (Å²) in [5.41, 5.74) is 4.58. The molecule has 1 aliphatic heterocycles. The topological polar surface area (TPSA) is 33.7 Å². The van der Waals surface area contributed by atoms with Crippen LogP contribution in [-0.4, -0.2) is 38.4 Å². The van der Waals surface area contributed by atoms with Crippen molar-refractivity contribution in [3.05, 3.63) is 28.8 Å². The van der Waals surface area contributed by atoms with Gasteiger partial charge in [0.25, 0.3) is 0 Å². The van der Waals surface area contributed by atoms with E-state index in [2.05, 4.69) is 10.4 Å². The lowest BCUT2D eigenvalue weighted by atomic mass is 9.84. The monoisotopic (exact) mass is 364 g/mol. The number of methoxy groups -OCH3 is 2. The number of ether oxygens (including phenoxy) is 2. The molecule has 2 saturated carbocycles. The quantitative estimate of drug-likeness (QED) is 0.856. The van der Waals surface area contributed by atoms with Gasteiger partial charge in [0.1, 0.15) is 5.75 Å². The Morgan fingerprint density at radius 1 is 1.16 bits per heavy atom. The highest BCUT2D eigenvalue weighted by Gasteiger charge is 2.42. The van der Waals surface area contributed by atoms with Crippen LogP contribution in [0.1, 0.15) is 44.1 Å². The van der Waals surface area contributed by atoms with Gasteiger partial charge in [-0.3, -0.25) is 5.43 Å². The first-order valence-corrected chi connectivity index (χ1v) is 9.91. The molecule has 1 aromatic rings. The number of nitrogens with zero attached hydrogens (tertiary/aromatic N) is 1. The number of rotatable bonds is 5. The van der Waals surface area contributed by atoms with Crippen molar-refractivity contribution in [3.8, 4) is 5.75 Å². The maximum Gasteiger partial charge on any atom is 0.125 e. The fraction of sp³-hybridized carbons (Fsp3) is 0.700. The fourth-order valence-corrected chi connectivity index (χ4v) is 5.43. The summed E-state index contributed by atoms with van der Waals surface area (Å²) in [4.78, 5) is 0. The highest BCUT2D eigenvalue weighted by Crippen LogP contribution is 2.45. The third-order valence-electron chi connectivity index (χ3n) is 6.70. The summed E-state index contributed by atoms with van der Waals surface area (Å²) in [7, 11) is 3.52. The first kappa shape index (κ1) is 17.6. The zero-order chi connectivity index (χ0) is 17.4. The van der Waals surface area contributed by atoms with Crippen LogP contribution in [0, 0.1) is 11.8 Å². The van der Waals surface area contributed by atoms with E-state index in [9.17, 15) is 0 Å². The molecular weight excluding hydrogens is 336 g/mol. The van der Waals surface area contributed by atoms with Crippen molar-refractivity contribution in [2.75, 3.05) is 27.3 Å². The van der Waals surface area contributed by atoms with E-state index in [0.717, 1.165) is 54.1 Å². The third kappa shape index (κ3) is 3.30. The summed E-state index contributed by atoms with van der Waals surface area (Å²) in [6.07, 6.45) is 7.54. The molecule has 0 radical (unpaired) electrons. The Bertz CT molecular complexity index is 616. The van der Waals surface area contributed by atoms with E-state index >= 15 is 0 Å². The van der Waals surface area contributed by atoms with Crippen LogP contribution >= 0.6 is 11.6 Å². The molecule has 1 N–H and O–H groups in total. The Balaban J connectivity index is 1.44. The maximum atomic E-state index is 6.26. The van der Waals surface area contributed by atoms with E-state index < -0.39 is 0 Å². The van der Waals surface area contributed by atoms with Crippen molar-refractivity contribution in [2.45, 2.75) is 50.2 Å². The van der Waals surface area contributed by atoms with Gasteiger partial charge < -0.3 is 9.47 Å². The highest BCUT2D eigenvalue weighted by atomic mass is 35.5. The second-order valence-corrected chi connectivity index (χ2v) is 8.38. The van der Waals surface area contributed by atoms with Gasteiger partial charge in [-0.2, -0.15) is 0 Å². The zero-order valence-electron chi connectivity index (χ0n) is 15.3. The SMILES string of the molecule is COc1ccc(Cl)cc1C1(OC)CCN(N[C@H]2C[C@H]3CC[C@H]2C3)CC1. The molecule has 3 aliphatic rings. The van der Waals surface area contributed by atoms with Crippen molar-refractivity contribution in [1.82, 2.24) is 10.4 Å². The maximum absolute atomic E-state index is 6.26. The summed E-state index contributed by atoms with van der Waals surface area (Å²) in [6, 6.07) is 6.51. The van der Waals surface area contributed by atoms with E-state index in [-0.39, 0.29) is 5.60 Å². The second kappa shape index (κ2) is 7.07. The van der Waals surface area contributed by atoms with Crippen LogP contribution in [0.5, 0.6) is 5.75 Å². The molecule has 2 bridgehead atoms. The minimum Gasteiger partial charge on any atom is -0.496 e. The van der Waals surface area contributed by atoms with Gasteiger partial charge >= 0.3 is 0 Å². The van der Waals surface area contributed by atoms with Crippen LogP contribution in [0.25, 0.3) is 0 Å². The molecule has 3 fully saturated rings. The third-order valence-corrected chi connectivity index (χ3v) is 6.94. The summed E-state index contributed by atoms with van der Waals surface area (Å²) >= 11 is 6.26. The zero-order valence-corrected chi connectivity index (χ0v) is 16.0. The van der Waals surface area contributed by atoms with Gasteiger partial charge in [-0.25, -0.2) is 5.01 Å². The van der Waals surface area contributed by atoms with E-state index in [1.807, 2.05) is 18.2 Å². The van der Waals surface area contributed by atoms with E-state index in [1.54, 1.807) is 14.2 Å². The summed E-state index contributed by atoms with van der Waals surface area (Å²) in [6.45, 7) is 1.97. The minimum atomic E-state index is -0.316. The Kier molecular flexibility index (Phi) is 4.98. The van der Waals surface area contributed by atoms with Crippen LogP contribution in [0.2, 0.25) is 5.02 Å². The van der Waals surface area contributed by atoms with Crippen LogP contribution in [0.4, 0.5) is 0 Å². The van der Waals surface area contributed by atoms with Gasteiger partial charge in [-0.1, -0.05) is 18.0 Å². The lowest BCUT2D eigenvalue weighted by molar-refractivity contribution is -0.0763. The van der Waals surface area contributed by atoms with Crippen LogP contribution in [0.15, 0.2) is 18.2 Å². The molecule has 138 valence electrons. The average molecular weight is 365 g/mol. The molecule has 3 atom stereocenters. The average Bonchev–Trinajstić information content (AvgIpc) is 3.26. The van der Waals surface area contributed by atoms with E-state index in [4.69, 9.17) is 21.1 Å². The molecule has 25 heavy (non-hydrogen) atoms. The number of hydrogen-bond donors (Lipinski definition) is 1. The fourth-order valence-electron chi connectivity index (χ4n) is 5.25. The Hall–Kier alpha value is -0.810. The number of nitrogens with one attached hydrogen (secondary N) is 1. The normalized spacial score (nSPS) is 31.4. The molecule has 0 aromatic heterocycles. The smallest absolute Gasteiger partial charge is 0.125 e. The van der Waals surface area contributed by atoms with Gasteiger partial charge in [0.2, 0.25) is 0 Å². The Morgan fingerprint density at radius 3 is 2.56 bits per heavy atom. The molecule has 4 rings (SSSR count). The number of hydrogen-bond acceptors (Lipinski definition) is 4. The van der Waals surface area contributed by atoms with Crippen LogP contribution in [0.3, 0.4) is 0 Å². The van der Waals surface area contributed by atoms with Gasteiger partial charge in [0, 0.05) is 36.8 Å². The summed E-state index contributed by atoms with van der Waals surface area (Å²) in [5, 5.41) is 3.15. The van der Waals surface area contributed by atoms with Gasteiger partial charge in [-0.05, 0) is 62.1 Å². The molecule has 0 unspecified atom stereocenters. The summed E-state index contributed by atoms with van der Waals surface area (Å²) in [5.74, 6) is 2.73. The molecule has 4 nitrogen and oxygen atoms in total. The number of benzene rings is 1. The first-order chi connectivity index (χ1) is 12.1. The van der Waals surface area contributed by atoms with Crippen LogP contribution < -0.4 is 10.2 Å². The summed E-state index contributed by atoms with van der Waals surface area (Å²) < 4.78 is 11.6. The van der Waals surface area contributed by atoms with Gasteiger partial charge in [-0.15, -0.1) is 0 Å². The number of piperidine rings is 1. The first-order valence-electron chi connectivity index (χ1n) is 9.54. The number of halogens is 1. The van der Waals surface area contributed by atoms with E-state index in [0.29, 0.717) is 6.04 Å². The second-order valence-electron chi connectivity index (χ2n) is 7.94. The Labute approximate surface area is 155 Å². The molecule has 2 aliphatic carbocycles. The van der Waals surface area contributed by atoms with E-state index in [1.165, 1.54) is 25.7 Å². The molecule has 1 heterocycles. The minimum absolute atomic E-state index is 0.316. The van der Waals surface area contributed by atoms with Gasteiger partial charge in [0.05, 0.1) is 12.7 Å². The van der Waals surface area contributed by atoms with Crippen molar-refractivity contribution in [3.63, 3.8) is 0 Å². The Morgan fingerprint density at radius 2 is 1.96 bits per heavy atom. The predicted molar refractivity (Wildman–Crippen MR) is 99.9 cm³/mol. The molecule has 0 spiro atoms. The lowest BCUT2D eigenvalue weighted by Crippen LogP contribution is -2.53. The number of hydrazine groups is 1.